The van der Waals surface area contributed by atoms with Crippen LogP contribution < -0.4 is 0 Å². The van der Waals surface area contributed by atoms with Crippen molar-refractivity contribution in [1.29, 1.82) is 0 Å². The number of ether oxygens (including phenoxy) is 1. The van der Waals surface area contributed by atoms with E-state index in [1.807, 2.05) is 27.7 Å². The molecular formula is C12H28O5. The molecule has 0 aliphatic carbocycles. The minimum atomic E-state index is -1.24. The van der Waals surface area contributed by atoms with Gasteiger partial charge in [0.15, 0.2) is 0 Å². The van der Waals surface area contributed by atoms with E-state index < -0.39 is 30.5 Å². The molecule has 0 aromatic carbocycles. The monoisotopic (exact) mass is 252 g/mol. The molecule has 17 heavy (non-hydrogen) atoms. The lowest BCUT2D eigenvalue weighted by atomic mass is 9.94. The second-order valence-electron chi connectivity index (χ2n) is 3.28. The highest BCUT2D eigenvalue weighted by Crippen LogP contribution is 2.22. The van der Waals surface area contributed by atoms with Gasteiger partial charge in [0, 0.05) is 0 Å². The molecule has 4 N–H and O–H groups in total. The highest BCUT2D eigenvalue weighted by Gasteiger charge is 2.42. The Labute approximate surface area is 104 Å². The van der Waals surface area contributed by atoms with Crippen molar-refractivity contribution in [3.8, 4) is 0 Å². The van der Waals surface area contributed by atoms with Crippen LogP contribution in [0, 0.1) is 0 Å². The lowest BCUT2D eigenvalue weighted by Gasteiger charge is -2.39. The van der Waals surface area contributed by atoms with E-state index in [2.05, 4.69) is 0 Å². The summed E-state index contributed by atoms with van der Waals surface area (Å²) >= 11 is 0. The molecular weight excluding hydrogens is 224 g/mol. The molecule has 0 radical (unpaired) electrons. The van der Waals surface area contributed by atoms with Crippen molar-refractivity contribution >= 4 is 0 Å². The topological polar surface area (TPSA) is 90.2 Å². The van der Waals surface area contributed by atoms with Crippen LogP contribution in [-0.4, -0.2) is 57.6 Å². The molecule has 5 heteroatoms. The predicted octanol–water partition coefficient (Wildman–Crippen LogP) is 0.291. The Bertz CT molecular complexity index is 145. The molecule has 0 aromatic rings. The van der Waals surface area contributed by atoms with Gasteiger partial charge in [0.25, 0.3) is 0 Å². The normalized spacial score (nSPS) is 36.2. The van der Waals surface area contributed by atoms with Crippen LogP contribution >= 0.6 is 0 Å². The van der Waals surface area contributed by atoms with Crippen LogP contribution in [0.2, 0.25) is 0 Å². The Morgan fingerprint density at radius 1 is 0.824 bits per heavy atom. The van der Waals surface area contributed by atoms with Gasteiger partial charge in [0.2, 0.25) is 0 Å². The Balaban J connectivity index is 0. The molecule has 1 fully saturated rings. The van der Waals surface area contributed by atoms with Gasteiger partial charge in [-0.25, -0.2) is 0 Å². The van der Waals surface area contributed by atoms with Crippen molar-refractivity contribution < 1.29 is 25.2 Å². The lowest BCUT2D eigenvalue weighted by molar-refractivity contribution is -0.229. The van der Waals surface area contributed by atoms with E-state index in [9.17, 15) is 15.3 Å². The van der Waals surface area contributed by atoms with Gasteiger partial charge in [0.05, 0.1) is 12.7 Å². The number of aliphatic hydroxyl groups excluding tert-OH is 4. The van der Waals surface area contributed by atoms with Crippen LogP contribution in [0.25, 0.3) is 0 Å². The zero-order valence-electron chi connectivity index (χ0n) is 11.5. The van der Waals surface area contributed by atoms with Crippen LogP contribution in [0.15, 0.2) is 0 Å². The maximum absolute atomic E-state index is 9.40. The van der Waals surface area contributed by atoms with E-state index in [-0.39, 0.29) is 6.61 Å². The predicted molar refractivity (Wildman–Crippen MR) is 66.8 cm³/mol. The third kappa shape index (κ3) is 5.31. The Kier molecular flexibility index (Phi) is 12.3. The smallest absolute Gasteiger partial charge is 0.111 e. The van der Waals surface area contributed by atoms with E-state index in [0.29, 0.717) is 6.42 Å². The van der Waals surface area contributed by atoms with Gasteiger partial charge in [0.1, 0.15) is 24.4 Å². The minimum absolute atomic E-state index is 0.360. The number of aliphatic hydroxyl groups is 4. The molecule has 0 bridgehead atoms. The van der Waals surface area contributed by atoms with Gasteiger partial charge in [-0.3, -0.25) is 0 Å². The zero-order chi connectivity index (χ0) is 14.0. The summed E-state index contributed by atoms with van der Waals surface area (Å²) in [6.07, 6.45) is -4.33. The van der Waals surface area contributed by atoms with E-state index in [0.717, 1.165) is 0 Å². The summed E-state index contributed by atoms with van der Waals surface area (Å²) in [6, 6.07) is 0. The van der Waals surface area contributed by atoms with E-state index >= 15 is 0 Å². The fraction of sp³-hybridized carbons (Fsp3) is 1.00. The molecule has 0 spiro atoms. The average Bonchev–Trinajstić information content (AvgIpc) is 2.41. The molecule has 4 unspecified atom stereocenters. The quantitative estimate of drug-likeness (QED) is 0.567. The molecule has 1 rings (SSSR count). The van der Waals surface area contributed by atoms with Crippen molar-refractivity contribution in [3.63, 3.8) is 0 Å². The summed E-state index contributed by atoms with van der Waals surface area (Å²) in [7, 11) is 0. The molecule has 0 saturated carbocycles. The molecule has 5 nitrogen and oxygen atoms in total. The number of hydrogen-bond donors (Lipinski definition) is 4. The summed E-state index contributed by atoms with van der Waals surface area (Å²) in [5.41, 5.74) is 0. The van der Waals surface area contributed by atoms with Crippen molar-refractivity contribution in [3.05, 3.63) is 0 Å². The van der Waals surface area contributed by atoms with Crippen molar-refractivity contribution in [2.75, 3.05) is 6.61 Å². The lowest BCUT2D eigenvalue weighted by Crippen LogP contribution is -2.58. The van der Waals surface area contributed by atoms with Gasteiger partial charge in [-0.15, -0.1) is 0 Å². The SMILES string of the molecule is CC.CC.CCC1OC(CO)[C@@H](O)C(O)C1O. The maximum Gasteiger partial charge on any atom is 0.111 e. The van der Waals surface area contributed by atoms with Crippen molar-refractivity contribution in [2.24, 2.45) is 0 Å². The Morgan fingerprint density at radius 2 is 1.24 bits per heavy atom. The standard InChI is InChI=1S/C8H16O5.2C2H6/c1-2-4-6(10)8(12)7(11)5(3-9)13-4;2*1-2/h4-12H,2-3H2,1H3;2*1-2H3/t4?,5?,6?,7-,8?;;/m1../s1. The molecule has 0 amide bonds. The van der Waals surface area contributed by atoms with Crippen LogP contribution in [-0.2, 0) is 4.74 Å². The summed E-state index contributed by atoms with van der Waals surface area (Å²) in [4.78, 5) is 0. The highest BCUT2D eigenvalue weighted by atomic mass is 16.5. The van der Waals surface area contributed by atoms with Gasteiger partial charge < -0.3 is 25.2 Å². The Morgan fingerprint density at radius 3 is 1.59 bits per heavy atom. The van der Waals surface area contributed by atoms with Crippen LogP contribution in [0.1, 0.15) is 41.0 Å². The Hall–Kier alpha value is -0.200. The van der Waals surface area contributed by atoms with Gasteiger partial charge in [-0.1, -0.05) is 34.6 Å². The van der Waals surface area contributed by atoms with Crippen LogP contribution in [0.5, 0.6) is 0 Å². The molecule has 1 heterocycles. The first-order valence-electron chi connectivity index (χ1n) is 6.42. The van der Waals surface area contributed by atoms with Gasteiger partial charge >= 0.3 is 0 Å². The third-order valence-electron chi connectivity index (χ3n) is 2.39. The zero-order valence-corrected chi connectivity index (χ0v) is 11.5. The number of hydrogen-bond acceptors (Lipinski definition) is 5. The highest BCUT2D eigenvalue weighted by molar-refractivity contribution is 4.91. The molecule has 1 saturated heterocycles. The van der Waals surface area contributed by atoms with Crippen LogP contribution in [0.4, 0.5) is 0 Å². The summed E-state index contributed by atoms with van der Waals surface area (Å²) in [5, 5.41) is 36.9. The number of rotatable bonds is 2. The molecule has 0 aromatic heterocycles. The van der Waals surface area contributed by atoms with Gasteiger partial charge in [-0.2, -0.15) is 0 Å². The molecule has 1 aliphatic heterocycles. The van der Waals surface area contributed by atoms with Crippen LogP contribution in [0.3, 0.4) is 0 Å². The van der Waals surface area contributed by atoms with Crippen molar-refractivity contribution in [1.82, 2.24) is 0 Å². The van der Waals surface area contributed by atoms with E-state index in [4.69, 9.17) is 9.84 Å². The minimum Gasteiger partial charge on any atom is -0.394 e. The third-order valence-corrected chi connectivity index (χ3v) is 2.39. The molecule has 106 valence electrons. The first-order chi connectivity index (χ1) is 8.11. The second-order valence-corrected chi connectivity index (χ2v) is 3.28. The van der Waals surface area contributed by atoms with E-state index in [1.165, 1.54) is 0 Å². The fourth-order valence-electron chi connectivity index (χ4n) is 1.52. The molecule has 1 aliphatic rings. The summed E-state index contributed by atoms with van der Waals surface area (Å²) in [6.45, 7) is 9.44. The maximum atomic E-state index is 9.40. The summed E-state index contributed by atoms with van der Waals surface area (Å²) < 4.78 is 5.17. The molecule has 5 atom stereocenters. The summed E-state index contributed by atoms with van der Waals surface area (Å²) in [5.74, 6) is 0. The largest absolute Gasteiger partial charge is 0.394 e. The van der Waals surface area contributed by atoms with Crippen molar-refractivity contribution in [2.45, 2.75) is 71.6 Å². The van der Waals surface area contributed by atoms with Gasteiger partial charge in [-0.05, 0) is 6.42 Å². The first kappa shape index (κ1) is 19.1. The van der Waals surface area contributed by atoms with E-state index in [1.54, 1.807) is 6.92 Å². The fourth-order valence-corrected chi connectivity index (χ4v) is 1.52. The first-order valence-corrected chi connectivity index (χ1v) is 6.42. The average molecular weight is 252 g/mol. The second kappa shape index (κ2) is 10.9.